The number of hydrogen-bond donors (Lipinski definition) is 1. The summed E-state index contributed by atoms with van der Waals surface area (Å²) in [4.78, 5) is 27.8. The average molecular weight is 396 g/mol. The van der Waals surface area contributed by atoms with E-state index in [0.29, 0.717) is 11.4 Å². The number of anilines is 1. The molecule has 0 bridgehead atoms. The highest BCUT2D eigenvalue weighted by Crippen LogP contribution is 2.31. The second-order valence-electron chi connectivity index (χ2n) is 7.04. The third-order valence-electron chi connectivity index (χ3n) is 5.08. The molecule has 2 amide bonds. The Bertz CT molecular complexity index is 945. The number of hydrogen-bond acceptors (Lipinski definition) is 4. The van der Waals surface area contributed by atoms with Crippen molar-refractivity contribution in [2.45, 2.75) is 37.8 Å². The molecule has 6 nitrogen and oxygen atoms in total. The van der Waals surface area contributed by atoms with Gasteiger partial charge in [-0.15, -0.1) is 0 Å². The molecule has 1 fully saturated rings. The van der Waals surface area contributed by atoms with Crippen LogP contribution in [-0.2, 0) is 4.79 Å². The molecule has 4 rings (SSSR count). The minimum atomic E-state index is -1.06. The van der Waals surface area contributed by atoms with Gasteiger partial charge >= 0.3 is 0 Å². The van der Waals surface area contributed by atoms with E-state index < -0.39 is 17.8 Å². The molecule has 0 saturated heterocycles. The zero-order valence-electron chi connectivity index (χ0n) is 15.7. The largest absolute Gasteiger partial charge is 0.467 e. The van der Waals surface area contributed by atoms with E-state index in [2.05, 4.69) is 5.32 Å². The van der Waals surface area contributed by atoms with Crippen LogP contribution in [-0.4, -0.2) is 17.9 Å². The van der Waals surface area contributed by atoms with Crippen LogP contribution in [0.1, 0.15) is 48.0 Å². The molecule has 0 unspecified atom stereocenters. The molecule has 0 aliphatic heterocycles. The fourth-order valence-electron chi connectivity index (χ4n) is 3.68. The molecule has 1 N–H and O–H groups in total. The van der Waals surface area contributed by atoms with Crippen LogP contribution in [0.3, 0.4) is 0 Å². The van der Waals surface area contributed by atoms with Crippen LogP contribution in [0, 0.1) is 5.82 Å². The third-order valence-corrected chi connectivity index (χ3v) is 5.08. The second kappa shape index (κ2) is 8.34. The number of halogens is 1. The molecule has 29 heavy (non-hydrogen) atoms. The van der Waals surface area contributed by atoms with Crippen molar-refractivity contribution in [2.24, 2.45) is 0 Å². The van der Waals surface area contributed by atoms with Crippen LogP contribution in [0.15, 0.2) is 69.9 Å². The SMILES string of the molecule is O=C(NC1CCCC1)[C@@H](c1ccco1)N(C(=O)c1ccco1)c1ccc(F)cc1. The maximum absolute atomic E-state index is 13.5. The van der Waals surface area contributed by atoms with Crippen LogP contribution in [0.4, 0.5) is 10.1 Å². The summed E-state index contributed by atoms with van der Waals surface area (Å²) in [6.07, 6.45) is 6.76. The normalized spacial score (nSPS) is 15.2. The van der Waals surface area contributed by atoms with Crippen molar-refractivity contribution in [1.82, 2.24) is 5.32 Å². The number of amides is 2. The monoisotopic (exact) mass is 396 g/mol. The molecule has 150 valence electrons. The molecule has 1 saturated carbocycles. The molecule has 2 aromatic heterocycles. The van der Waals surface area contributed by atoms with E-state index in [4.69, 9.17) is 8.83 Å². The van der Waals surface area contributed by atoms with E-state index in [1.165, 1.54) is 47.8 Å². The summed E-state index contributed by atoms with van der Waals surface area (Å²) in [6.45, 7) is 0. The molecule has 1 aliphatic rings. The van der Waals surface area contributed by atoms with Crippen LogP contribution in [0.25, 0.3) is 0 Å². The standard InChI is InChI=1S/C22H21FN2O4/c23-15-9-11-17(12-10-15)25(22(27)19-8-4-14-29-19)20(18-7-3-13-28-18)21(26)24-16-5-1-2-6-16/h3-4,7-14,16,20H,1-2,5-6H2,(H,24,26)/t20-/m1/s1. The number of nitrogens with zero attached hydrogens (tertiary/aromatic N) is 1. The zero-order valence-corrected chi connectivity index (χ0v) is 15.7. The maximum Gasteiger partial charge on any atom is 0.295 e. The number of nitrogens with one attached hydrogen (secondary N) is 1. The van der Waals surface area contributed by atoms with Gasteiger partial charge in [0.25, 0.3) is 11.8 Å². The number of carbonyl (C=O) groups excluding carboxylic acids is 2. The summed E-state index contributed by atoms with van der Waals surface area (Å²) in [5, 5.41) is 3.03. The average Bonchev–Trinajstić information content (AvgIpc) is 3.49. The first-order chi connectivity index (χ1) is 14.1. The summed E-state index contributed by atoms with van der Waals surface area (Å²) >= 11 is 0. The van der Waals surface area contributed by atoms with Crippen molar-refractivity contribution in [3.8, 4) is 0 Å². The molecule has 0 spiro atoms. The highest BCUT2D eigenvalue weighted by atomic mass is 19.1. The van der Waals surface area contributed by atoms with E-state index in [0.717, 1.165) is 25.7 Å². The smallest absolute Gasteiger partial charge is 0.295 e. The van der Waals surface area contributed by atoms with E-state index in [1.54, 1.807) is 18.2 Å². The van der Waals surface area contributed by atoms with Crippen molar-refractivity contribution in [3.05, 3.63) is 78.4 Å². The molecule has 1 atom stereocenters. The summed E-state index contributed by atoms with van der Waals surface area (Å²) in [7, 11) is 0. The summed E-state index contributed by atoms with van der Waals surface area (Å²) < 4.78 is 24.3. The lowest BCUT2D eigenvalue weighted by molar-refractivity contribution is -0.123. The van der Waals surface area contributed by atoms with Crippen LogP contribution >= 0.6 is 0 Å². The maximum atomic E-state index is 13.5. The highest BCUT2D eigenvalue weighted by molar-refractivity contribution is 6.08. The quantitative estimate of drug-likeness (QED) is 0.668. The van der Waals surface area contributed by atoms with E-state index in [-0.39, 0.29) is 17.7 Å². The van der Waals surface area contributed by atoms with Crippen LogP contribution in [0.2, 0.25) is 0 Å². The first-order valence-electron chi connectivity index (χ1n) is 9.60. The van der Waals surface area contributed by atoms with Crippen LogP contribution in [0.5, 0.6) is 0 Å². The lowest BCUT2D eigenvalue weighted by atomic mass is 10.1. The van der Waals surface area contributed by atoms with Gasteiger partial charge in [-0.25, -0.2) is 4.39 Å². The minimum absolute atomic E-state index is 0.0637. The van der Waals surface area contributed by atoms with Crippen molar-refractivity contribution in [1.29, 1.82) is 0 Å². The van der Waals surface area contributed by atoms with Gasteiger partial charge in [0, 0.05) is 11.7 Å². The number of furan rings is 2. The predicted molar refractivity (Wildman–Crippen MR) is 104 cm³/mol. The minimum Gasteiger partial charge on any atom is -0.467 e. The van der Waals surface area contributed by atoms with Gasteiger partial charge in [-0.05, 0) is 61.4 Å². The molecular weight excluding hydrogens is 375 g/mol. The van der Waals surface area contributed by atoms with Gasteiger partial charge in [-0.3, -0.25) is 14.5 Å². The molecule has 1 aliphatic carbocycles. The Balaban J connectivity index is 1.75. The topological polar surface area (TPSA) is 75.7 Å². The second-order valence-corrected chi connectivity index (χ2v) is 7.04. The number of carbonyl (C=O) groups is 2. The fraction of sp³-hybridized carbons (Fsp3) is 0.273. The van der Waals surface area contributed by atoms with Gasteiger partial charge in [0.1, 0.15) is 11.6 Å². The van der Waals surface area contributed by atoms with Gasteiger partial charge in [0.05, 0.1) is 12.5 Å². The Morgan fingerprint density at radius 3 is 2.31 bits per heavy atom. The van der Waals surface area contributed by atoms with Gasteiger partial charge < -0.3 is 14.2 Å². The van der Waals surface area contributed by atoms with Crippen LogP contribution < -0.4 is 10.2 Å². The zero-order chi connectivity index (χ0) is 20.2. The van der Waals surface area contributed by atoms with Gasteiger partial charge in [-0.1, -0.05) is 12.8 Å². The Labute approximate surface area is 167 Å². The highest BCUT2D eigenvalue weighted by Gasteiger charge is 2.37. The number of rotatable bonds is 6. The first-order valence-corrected chi connectivity index (χ1v) is 9.60. The van der Waals surface area contributed by atoms with Crippen molar-refractivity contribution in [2.75, 3.05) is 4.90 Å². The summed E-state index contributed by atoms with van der Waals surface area (Å²) in [5.74, 6) is -0.936. The van der Waals surface area contributed by atoms with Gasteiger partial charge in [0.15, 0.2) is 11.8 Å². The van der Waals surface area contributed by atoms with Crippen molar-refractivity contribution >= 4 is 17.5 Å². The summed E-state index contributed by atoms with van der Waals surface area (Å²) in [5.41, 5.74) is 0.357. The number of benzene rings is 1. The Hall–Kier alpha value is -3.35. The van der Waals surface area contributed by atoms with Crippen molar-refractivity contribution < 1.29 is 22.8 Å². The fourth-order valence-corrected chi connectivity index (χ4v) is 3.68. The molecule has 3 aromatic rings. The van der Waals surface area contributed by atoms with Crippen molar-refractivity contribution in [3.63, 3.8) is 0 Å². The Morgan fingerprint density at radius 2 is 1.69 bits per heavy atom. The lowest BCUT2D eigenvalue weighted by Crippen LogP contribution is -2.46. The molecule has 2 heterocycles. The van der Waals surface area contributed by atoms with E-state index in [1.807, 2.05) is 0 Å². The molecule has 1 aromatic carbocycles. The molecule has 0 radical (unpaired) electrons. The summed E-state index contributed by atoms with van der Waals surface area (Å²) in [6, 6.07) is 10.8. The lowest BCUT2D eigenvalue weighted by Gasteiger charge is -2.30. The Morgan fingerprint density at radius 1 is 1.00 bits per heavy atom. The van der Waals surface area contributed by atoms with Gasteiger partial charge in [0.2, 0.25) is 0 Å². The molecular formula is C22H21FN2O4. The Kier molecular flexibility index (Phi) is 5.46. The third kappa shape index (κ3) is 4.08. The predicted octanol–water partition coefficient (Wildman–Crippen LogP) is 4.46. The van der Waals surface area contributed by atoms with E-state index >= 15 is 0 Å². The van der Waals surface area contributed by atoms with E-state index in [9.17, 15) is 14.0 Å². The first kappa shape index (κ1) is 19.0. The molecule has 7 heteroatoms. The van der Waals surface area contributed by atoms with Gasteiger partial charge in [-0.2, -0.15) is 0 Å².